The summed E-state index contributed by atoms with van der Waals surface area (Å²) in [5.74, 6) is -0.301. The highest BCUT2D eigenvalue weighted by Gasteiger charge is 2.18. The van der Waals surface area contributed by atoms with Gasteiger partial charge in [-0.15, -0.1) is 11.3 Å². The van der Waals surface area contributed by atoms with Crippen LogP contribution in [0.4, 0.5) is 5.00 Å². The summed E-state index contributed by atoms with van der Waals surface area (Å²) in [5.41, 5.74) is 0.423. The molecule has 0 spiro atoms. The smallest absolute Gasteiger partial charge is 0.340 e. The number of hydrogen-bond acceptors (Lipinski definition) is 4. The largest absolute Gasteiger partial charge is 0.465 e. The summed E-state index contributed by atoms with van der Waals surface area (Å²) >= 11 is 1.41. The molecule has 0 fully saturated rings. The van der Waals surface area contributed by atoms with Crippen LogP contribution >= 0.6 is 11.3 Å². The minimum atomic E-state index is -0.424. The molecule has 1 aromatic heterocycles. The first-order chi connectivity index (χ1) is 7.45. The molecule has 5 heteroatoms. The molecule has 0 saturated carbocycles. The van der Waals surface area contributed by atoms with Gasteiger partial charge in [0, 0.05) is 11.8 Å². The first-order valence-corrected chi connectivity index (χ1v) is 5.77. The van der Waals surface area contributed by atoms with Crippen LogP contribution in [0.25, 0.3) is 0 Å². The van der Waals surface area contributed by atoms with Crippen molar-refractivity contribution in [3.05, 3.63) is 16.5 Å². The number of amides is 1. The summed E-state index contributed by atoms with van der Waals surface area (Å²) in [7, 11) is 1.33. The molecule has 0 aliphatic rings. The normalized spacial score (nSPS) is 10.3. The van der Waals surface area contributed by atoms with E-state index in [4.69, 9.17) is 0 Å². The van der Waals surface area contributed by atoms with Gasteiger partial charge in [0.05, 0.1) is 12.7 Å². The molecular weight excluding hydrogens is 226 g/mol. The quantitative estimate of drug-likeness (QED) is 0.828. The predicted octanol–water partition coefficient (Wildman–Crippen LogP) is 2.62. The lowest BCUT2D eigenvalue weighted by Gasteiger charge is -2.01. The van der Waals surface area contributed by atoms with Gasteiger partial charge in [-0.1, -0.05) is 13.8 Å². The van der Waals surface area contributed by atoms with Crippen molar-refractivity contribution in [2.24, 2.45) is 0 Å². The fourth-order valence-corrected chi connectivity index (χ4v) is 2.30. The maximum atomic E-state index is 11.5. The van der Waals surface area contributed by atoms with Crippen LogP contribution in [0.2, 0.25) is 0 Å². The van der Waals surface area contributed by atoms with Crippen molar-refractivity contribution in [1.29, 1.82) is 0 Å². The minimum Gasteiger partial charge on any atom is -0.465 e. The van der Waals surface area contributed by atoms with Crippen LogP contribution in [-0.4, -0.2) is 19.0 Å². The van der Waals surface area contributed by atoms with E-state index >= 15 is 0 Å². The zero-order chi connectivity index (χ0) is 12.3. The van der Waals surface area contributed by atoms with Crippen LogP contribution in [0, 0.1) is 0 Å². The van der Waals surface area contributed by atoms with Gasteiger partial charge < -0.3 is 10.1 Å². The number of carbonyl (C=O) groups is 2. The standard InChI is InChI=1S/C11H15NO3S/c1-6(2)9-5-8(11(14)15-4)10(16-9)12-7(3)13/h5-6H,1-4H3,(H,12,13). The van der Waals surface area contributed by atoms with Crippen LogP contribution in [-0.2, 0) is 9.53 Å². The van der Waals surface area contributed by atoms with Crippen molar-refractivity contribution < 1.29 is 14.3 Å². The van der Waals surface area contributed by atoms with Gasteiger partial charge in [0.15, 0.2) is 0 Å². The van der Waals surface area contributed by atoms with E-state index in [2.05, 4.69) is 10.1 Å². The number of hydrogen-bond donors (Lipinski definition) is 1. The molecule has 0 unspecified atom stereocenters. The topological polar surface area (TPSA) is 55.4 Å². The van der Waals surface area contributed by atoms with Gasteiger partial charge in [0.25, 0.3) is 0 Å². The van der Waals surface area contributed by atoms with E-state index in [1.807, 2.05) is 13.8 Å². The Morgan fingerprint density at radius 2 is 2.06 bits per heavy atom. The van der Waals surface area contributed by atoms with Gasteiger partial charge in [-0.25, -0.2) is 4.79 Å². The Hall–Kier alpha value is -1.36. The number of anilines is 1. The molecule has 0 aliphatic carbocycles. The summed E-state index contributed by atoms with van der Waals surface area (Å²) in [6.45, 7) is 5.48. The maximum Gasteiger partial charge on any atom is 0.340 e. The third kappa shape index (κ3) is 2.82. The van der Waals surface area contributed by atoms with Crippen LogP contribution in [0.5, 0.6) is 0 Å². The number of rotatable bonds is 3. The van der Waals surface area contributed by atoms with E-state index in [1.165, 1.54) is 25.4 Å². The molecule has 16 heavy (non-hydrogen) atoms. The van der Waals surface area contributed by atoms with Crippen LogP contribution in [0.3, 0.4) is 0 Å². The average Bonchev–Trinajstić information content (AvgIpc) is 2.59. The third-order valence-electron chi connectivity index (χ3n) is 2.02. The lowest BCUT2D eigenvalue weighted by Crippen LogP contribution is -2.09. The Morgan fingerprint density at radius 1 is 1.44 bits per heavy atom. The number of thiophene rings is 1. The molecule has 0 saturated heterocycles. The Balaban J connectivity index is 3.12. The molecular formula is C11H15NO3S. The maximum absolute atomic E-state index is 11.5. The molecule has 1 N–H and O–H groups in total. The van der Waals surface area contributed by atoms with Crippen LogP contribution < -0.4 is 5.32 Å². The number of methoxy groups -OCH3 is 1. The first kappa shape index (κ1) is 12.7. The number of nitrogens with one attached hydrogen (secondary N) is 1. The summed E-state index contributed by atoms with van der Waals surface area (Å²) in [4.78, 5) is 23.5. The summed E-state index contributed by atoms with van der Waals surface area (Å²) in [6.07, 6.45) is 0. The van der Waals surface area contributed by atoms with Crippen molar-refractivity contribution in [3.63, 3.8) is 0 Å². The Morgan fingerprint density at radius 3 is 2.50 bits per heavy atom. The molecule has 0 aliphatic heterocycles. The first-order valence-electron chi connectivity index (χ1n) is 4.95. The molecule has 0 aromatic carbocycles. The predicted molar refractivity (Wildman–Crippen MR) is 64.1 cm³/mol. The molecule has 0 atom stereocenters. The molecule has 0 radical (unpaired) electrons. The highest BCUT2D eigenvalue weighted by Crippen LogP contribution is 2.33. The van der Waals surface area contributed by atoms with Gasteiger partial charge in [0.2, 0.25) is 5.91 Å². The van der Waals surface area contributed by atoms with Crippen molar-refractivity contribution in [3.8, 4) is 0 Å². The minimum absolute atomic E-state index is 0.192. The molecule has 1 aromatic rings. The Bertz CT molecular complexity index is 409. The highest BCUT2D eigenvalue weighted by molar-refractivity contribution is 7.16. The van der Waals surface area contributed by atoms with Crippen LogP contribution in [0.1, 0.15) is 41.9 Å². The van der Waals surface area contributed by atoms with E-state index in [-0.39, 0.29) is 5.91 Å². The summed E-state index contributed by atoms with van der Waals surface area (Å²) in [6, 6.07) is 1.77. The van der Waals surface area contributed by atoms with Gasteiger partial charge in [0.1, 0.15) is 5.00 Å². The zero-order valence-electron chi connectivity index (χ0n) is 9.79. The number of esters is 1. The Labute approximate surface area is 98.6 Å². The van der Waals surface area contributed by atoms with Gasteiger partial charge in [-0.2, -0.15) is 0 Å². The fraction of sp³-hybridized carbons (Fsp3) is 0.455. The molecule has 1 rings (SSSR count). The number of carbonyl (C=O) groups excluding carboxylic acids is 2. The molecule has 0 bridgehead atoms. The SMILES string of the molecule is COC(=O)c1cc(C(C)C)sc1NC(C)=O. The second-order valence-corrected chi connectivity index (χ2v) is 4.80. The Kier molecular flexibility index (Phi) is 4.06. The summed E-state index contributed by atoms with van der Waals surface area (Å²) < 4.78 is 4.67. The second kappa shape index (κ2) is 5.12. The lowest BCUT2D eigenvalue weighted by atomic mass is 10.1. The van der Waals surface area contributed by atoms with Crippen molar-refractivity contribution in [2.75, 3.05) is 12.4 Å². The monoisotopic (exact) mass is 241 g/mol. The van der Waals surface area contributed by atoms with Gasteiger partial charge in [-0.05, 0) is 12.0 Å². The van der Waals surface area contributed by atoms with Gasteiger partial charge >= 0.3 is 5.97 Å². The molecule has 1 heterocycles. The van der Waals surface area contributed by atoms with E-state index < -0.39 is 5.97 Å². The van der Waals surface area contributed by atoms with E-state index in [0.717, 1.165) is 4.88 Å². The average molecular weight is 241 g/mol. The van der Waals surface area contributed by atoms with Crippen molar-refractivity contribution >= 4 is 28.2 Å². The summed E-state index contributed by atoms with van der Waals surface area (Å²) in [5, 5.41) is 3.20. The van der Waals surface area contributed by atoms with Gasteiger partial charge in [-0.3, -0.25) is 4.79 Å². The van der Waals surface area contributed by atoms with Crippen molar-refractivity contribution in [1.82, 2.24) is 0 Å². The molecule has 4 nitrogen and oxygen atoms in total. The fourth-order valence-electron chi connectivity index (χ4n) is 1.21. The molecule has 1 amide bonds. The molecule has 88 valence electrons. The van der Waals surface area contributed by atoms with E-state index in [9.17, 15) is 9.59 Å². The van der Waals surface area contributed by atoms with E-state index in [1.54, 1.807) is 6.07 Å². The second-order valence-electron chi connectivity index (χ2n) is 3.72. The zero-order valence-corrected chi connectivity index (χ0v) is 10.6. The van der Waals surface area contributed by atoms with Crippen LogP contribution in [0.15, 0.2) is 6.07 Å². The lowest BCUT2D eigenvalue weighted by molar-refractivity contribution is -0.114. The highest BCUT2D eigenvalue weighted by atomic mass is 32.1. The number of ether oxygens (including phenoxy) is 1. The van der Waals surface area contributed by atoms with Crippen molar-refractivity contribution in [2.45, 2.75) is 26.7 Å². The van der Waals surface area contributed by atoms with E-state index in [0.29, 0.717) is 16.5 Å². The third-order valence-corrected chi connectivity index (χ3v) is 3.37.